The molecule has 2 rings (SSSR count). The molecule has 0 atom stereocenters. The molecule has 5 heteroatoms. The van der Waals surface area contributed by atoms with Gasteiger partial charge in [-0.3, -0.25) is 14.3 Å². The molecule has 1 heterocycles. The number of carbonyl (C=O) groups excluding carboxylic acids is 1. The Balaban J connectivity index is 2.45. The summed E-state index contributed by atoms with van der Waals surface area (Å²) in [4.78, 5) is 23.0. The molecule has 0 radical (unpaired) electrons. The van der Waals surface area contributed by atoms with Crippen LogP contribution in [-0.2, 0) is 4.79 Å². The van der Waals surface area contributed by atoms with Crippen LogP contribution in [0.4, 0.5) is 0 Å². The topological polar surface area (TPSA) is 59.3 Å². The number of benzene rings is 1. The lowest BCUT2D eigenvalue weighted by molar-refractivity contribution is -0.117. The van der Waals surface area contributed by atoms with Gasteiger partial charge >= 0.3 is 0 Å². The maximum atomic E-state index is 11.9. The van der Waals surface area contributed by atoms with E-state index < -0.39 is 0 Å². The van der Waals surface area contributed by atoms with Crippen molar-refractivity contribution in [3.63, 3.8) is 0 Å². The van der Waals surface area contributed by atoms with E-state index in [1.54, 1.807) is 24.3 Å². The number of para-hydroxylation sites is 1. The highest BCUT2D eigenvalue weighted by Gasteiger charge is 2.07. The van der Waals surface area contributed by atoms with Crippen LogP contribution in [0.15, 0.2) is 44.6 Å². The normalized spacial score (nSPS) is 10.3. The molecular formula is C11H9NO3S. The van der Waals surface area contributed by atoms with E-state index in [2.05, 4.69) is 4.72 Å². The number of nitrogens with one attached hydrogen (secondary N) is 1. The molecule has 1 aromatic carbocycles. The molecule has 0 fully saturated rings. The Morgan fingerprint density at radius 2 is 2.12 bits per heavy atom. The average Bonchev–Trinajstić information content (AvgIpc) is 2.28. The van der Waals surface area contributed by atoms with E-state index in [4.69, 9.17) is 4.42 Å². The summed E-state index contributed by atoms with van der Waals surface area (Å²) in [5.74, 6) is -0.211. The van der Waals surface area contributed by atoms with Crippen LogP contribution in [-0.4, -0.2) is 5.91 Å². The lowest BCUT2D eigenvalue weighted by Gasteiger charge is -2.01. The van der Waals surface area contributed by atoms with Gasteiger partial charge in [-0.15, -0.1) is 0 Å². The Bertz CT molecular complexity index is 591. The minimum atomic E-state index is -0.211. The number of carbonyl (C=O) groups is 1. The molecule has 1 N–H and O–H groups in total. The quantitative estimate of drug-likeness (QED) is 0.808. The van der Waals surface area contributed by atoms with Crippen LogP contribution in [0.5, 0.6) is 0 Å². The summed E-state index contributed by atoms with van der Waals surface area (Å²) in [5, 5.41) is 0.512. The SMILES string of the molecule is CC(=O)NSc1coc2ccccc2c1=O. The molecule has 0 saturated heterocycles. The maximum absolute atomic E-state index is 11.9. The summed E-state index contributed by atoms with van der Waals surface area (Å²) in [5.41, 5.74) is 0.403. The molecule has 2 aromatic rings. The first-order valence-corrected chi connectivity index (χ1v) is 5.44. The number of hydrogen-bond acceptors (Lipinski definition) is 4. The van der Waals surface area contributed by atoms with Crippen molar-refractivity contribution < 1.29 is 9.21 Å². The fourth-order valence-corrected chi connectivity index (χ4v) is 1.81. The lowest BCUT2D eigenvalue weighted by Crippen LogP contribution is -2.13. The predicted octanol–water partition coefficient (Wildman–Crippen LogP) is 1.94. The van der Waals surface area contributed by atoms with Crippen molar-refractivity contribution in [1.29, 1.82) is 0 Å². The van der Waals surface area contributed by atoms with Crippen molar-refractivity contribution >= 4 is 28.8 Å². The number of hydrogen-bond donors (Lipinski definition) is 1. The van der Waals surface area contributed by atoms with Gasteiger partial charge in [-0.25, -0.2) is 0 Å². The van der Waals surface area contributed by atoms with E-state index in [9.17, 15) is 9.59 Å². The highest BCUT2D eigenvalue weighted by atomic mass is 32.2. The fourth-order valence-electron chi connectivity index (χ4n) is 1.26. The summed E-state index contributed by atoms with van der Waals surface area (Å²) < 4.78 is 7.77. The van der Waals surface area contributed by atoms with Gasteiger partial charge in [0.1, 0.15) is 16.7 Å². The molecule has 1 aromatic heterocycles. The van der Waals surface area contributed by atoms with Gasteiger partial charge in [0.05, 0.1) is 5.39 Å². The average molecular weight is 235 g/mol. The summed E-state index contributed by atoms with van der Waals surface area (Å²) in [6, 6.07) is 6.99. The van der Waals surface area contributed by atoms with Crippen molar-refractivity contribution in [2.24, 2.45) is 0 Å². The van der Waals surface area contributed by atoms with E-state index >= 15 is 0 Å². The van der Waals surface area contributed by atoms with Gasteiger partial charge in [0, 0.05) is 6.92 Å². The second-order valence-electron chi connectivity index (χ2n) is 3.19. The van der Waals surface area contributed by atoms with Crippen molar-refractivity contribution in [3.8, 4) is 0 Å². The highest BCUT2D eigenvalue weighted by molar-refractivity contribution is 7.98. The first-order valence-electron chi connectivity index (χ1n) is 4.62. The Kier molecular flexibility index (Phi) is 2.96. The first-order chi connectivity index (χ1) is 7.68. The van der Waals surface area contributed by atoms with Gasteiger partial charge in [-0.1, -0.05) is 12.1 Å². The Morgan fingerprint density at radius 1 is 1.38 bits per heavy atom. The second kappa shape index (κ2) is 4.40. The summed E-state index contributed by atoms with van der Waals surface area (Å²) in [7, 11) is 0. The molecule has 0 unspecified atom stereocenters. The minimum Gasteiger partial charge on any atom is -0.463 e. The number of rotatable bonds is 2. The Morgan fingerprint density at radius 3 is 2.88 bits per heavy atom. The van der Waals surface area contributed by atoms with Gasteiger partial charge in [-0.2, -0.15) is 0 Å². The molecule has 0 aliphatic carbocycles. The molecule has 4 nitrogen and oxygen atoms in total. The minimum absolute atomic E-state index is 0.138. The molecule has 0 spiro atoms. The molecular weight excluding hydrogens is 226 g/mol. The van der Waals surface area contributed by atoms with Crippen LogP contribution in [0.1, 0.15) is 6.92 Å². The standard InChI is InChI=1S/C11H9NO3S/c1-7(13)12-16-10-6-15-9-5-3-2-4-8(9)11(10)14/h2-6H,1H3,(H,12,13). The van der Waals surface area contributed by atoms with E-state index in [1.165, 1.54) is 13.2 Å². The Hall–Kier alpha value is -1.75. The van der Waals surface area contributed by atoms with Crippen molar-refractivity contribution in [2.45, 2.75) is 11.8 Å². The predicted molar refractivity (Wildman–Crippen MR) is 62.2 cm³/mol. The number of amides is 1. The van der Waals surface area contributed by atoms with Crippen LogP contribution < -0.4 is 10.2 Å². The monoisotopic (exact) mass is 235 g/mol. The van der Waals surface area contributed by atoms with Crippen LogP contribution in [0.2, 0.25) is 0 Å². The van der Waals surface area contributed by atoms with E-state index in [1.807, 2.05) is 0 Å². The van der Waals surface area contributed by atoms with E-state index in [0.717, 1.165) is 11.9 Å². The first kappa shape index (κ1) is 10.8. The van der Waals surface area contributed by atoms with E-state index in [-0.39, 0.29) is 11.3 Å². The fraction of sp³-hybridized carbons (Fsp3) is 0.0909. The maximum Gasteiger partial charge on any atom is 0.226 e. The molecule has 16 heavy (non-hydrogen) atoms. The van der Waals surface area contributed by atoms with E-state index in [0.29, 0.717) is 15.9 Å². The van der Waals surface area contributed by atoms with Crippen molar-refractivity contribution in [2.75, 3.05) is 0 Å². The largest absolute Gasteiger partial charge is 0.463 e. The smallest absolute Gasteiger partial charge is 0.226 e. The molecule has 82 valence electrons. The van der Waals surface area contributed by atoms with Gasteiger partial charge in [0.15, 0.2) is 0 Å². The molecule has 0 aliphatic rings. The van der Waals surface area contributed by atoms with Crippen LogP contribution in [0, 0.1) is 0 Å². The van der Waals surface area contributed by atoms with Crippen LogP contribution >= 0.6 is 11.9 Å². The molecule has 0 aliphatic heterocycles. The summed E-state index contributed by atoms with van der Waals surface area (Å²) in [6.45, 7) is 1.38. The highest BCUT2D eigenvalue weighted by Crippen LogP contribution is 2.15. The van der Waals surface area contributed by atoms with Gasteiger partial charge in [0.2, 0.25) is 11.3 Å². The van der Waals surface area contributed by atoms with Gasteiger partial charge < -0.3 is 4.42 Å². The van der Waals surface area contributed by atoms with Crippen LogP contribution in [0.25, 0.3) is 11.0 Å². The Labute approximate surface area is 95.8 Å². The second-order valence-corrected chi connectivity index (χ2v) is 4.03. The summed E-state index contributed by atoms with van der Waals surface area (Å²) >= 11 is 0.964. The third kappa shape index (κ3) is 2.09. The summed E-state index contributed by atoms with van der Waals surface area (Å²) in [6.07, 6.45) is 1.35. The zero-order valence-corrected chi connectivity index (χ0v) is 9.34. The third-order valence-corrected chi connectivity index (χ3v) is 2.84. The lowest BCUT2D eigenvalue weighted by atomic mass is 10.2. The van der Waals surface area contributed by atoms with Crippen LogP contribution in [0.3, 0.4) is 0 Å². The number of fused-ring (bicyclic) bond motifs is 1. The van der Waals surface area contributed by atoms with Crippen molar-refractivity contribution in [3.05, 3.63) is 40.8 Å². The molecule has 0 bridgehead atoms. The zero-order valence-electron chi connectivity index (χ0n) is 8.52. The van der Waals surface area contributed by atoms with Crippen molar-refractivity contribution in [1.82, 2.24) is 4.72 Å². The molecule has 1 amide bonds. The van der Waals surface area contributed by atoms with Gasteiger partial charge in [0.25, 0.3) is 0 Å². The zero-order chi connectivity index (χ0) is 11.5. The third-order valence-electron chi connectivity index (χ3n) is 1.95. The molecule has 0 saturated carbocycles. The van der Waals surface area contributed by atoms with Gasteiger partial charge in [-0.05, 0) is 24.1 Å².